The van der Waals surface area contributed by atoms with Gasteiger partial charge in [-0.05, 0) is 28.5 Å². The molecule has 0 spiro atoms. The van der Waals surface area contributed by atoms with Crippen molar-refractivity contribution < 1.29 is 0 Å². The zero-order chi connectivity index (χ0) is 9.26. The van der Waals surface area contributed by atoms with Crippen LogP contribution in [0.5, 0.6) is 0 Å². The SMILES string of the molecule is ClC1=CC(Br)=C[SH]1c1ccccc1. The van der Waals surface area contributed by atoms with Gasteiger partial charge < -0.3 is 0 Å². The second kappa shape index (κ2) is 3.91. The van der Waals surface area contributed by atoms with Crippen LogP contribution in [0.2, 0.25) is 0 Å². The van der Waals surface area contributed by atoms with Crippen molar-refractivity contribution in [2.45, 2.75) is 4.90 Å². The summed E-state index contributed by atoms with van der Waals surface area (Å²) in [6, 6.07) is 10.3. The van der Waals surface area contributed by atoms with Crippen molar-refractivity contribution in [3.8, 4) is 0 Å². The average molecular weight is 276 g/mol. The fourth-order valence-electron chi connectivity index (χ4n) is 1.19. The summed E-state index contributed by atoms with van der Waals surface area (Å²) in [6.45, 7) is 0. The fourth-order valence-corrected chi connectivity index (χ4v) is 4.51. The van der Waals surface area contributed by atoms with Crippen LogP contribution < -0.4 is 0 Å². The molecule has 13 heavy (non-hydrogen) atoms. The van der Waals surface area contributed by atoms with E-state index in [4.69, 9.17) is 11.6 Å². The molecule has 2 rings (SSSR count). The highest BCUT2D eigenvalue weighted by Crippen LogP contribution is 2.52. The summed E-state index contributed by atoms with van der Waals surface area (Å²) in [7, 11) is -0.423. The van der Waals surface area contributed by atoms with Gasteiger partial charge in [0.2, 0.25) is 0 Å². The van der Waals surface area contributed by atoms with Gasteiger partial charge in [0, 0.05) is 4.48 Å². The number of thiol groups is 1. The molecule has 0 saturated heterocycles. The Labute approximate surface area is 93.8 Å². The van der Waals surface area contributed by atoms with Crippen LogP contribution >= 0.6 is 38.4 Å². The van der Waals surface area contributed by atoms with Gasteiger partial charge in [-0.2, -0.15) is 10.9 Å². The molecule has 1 unspecified atom stereocenters. The van der Waals surface area contributed by atoms with Gasteiger partial charge in [-0.15, -0.1) is 0 Å². The van der Waals surface area contributed by atoms with Crippen LogP contribution in [0, 0.1) is 0 Å². The van der Waals surface area contributed by atoms with Gasteiger partial charge in [0.05, 0.1) is 4.36 Å². The molecule has 1 aromatic carbocycles. The van der Waals surface area contributed by atoms with Crippen LogP contribution in [0.25, 0.3) is 0 Å². The first-order valence-electron chi connectivity index (χ1n) is 3.86. The summed E-state index contributed by atoms with van der Waals surface area (Å²) in [5.41, 5.74) is 0. The molecule has 68 valence electrons. The summed E-state index contributed by atoms with van der Waals surface area (Å²) in [6.07, 6.45) is 1.97. The Hall–Kier alpha value is -0.180. The second-order valence-corrected chi connectivity index (χ2v) is 6.27. The van der Waals surface area contributed by atoms with Crippen molar-refractivity contribution in [1.82, 2.24) is 0 Å². The van der Waals surface area contributed by atoms with Crippen LogP contribution in [0.3, 0.4) is 0 Å². The van der Waals surface area contributed by atoms with Crippen LogP contribution in [0.1, 0.15) is 0 Å². The van der Waals surface area contributed by atoms with E-state index in [0.29, 0.717) is 0 Å². The first-order chi connectivity index (χ1) is 6.27. The summed E-state index contributed by atoms with van der Waals surface area (Å²) >= 11 is 9.55. The highest BCUT2D eigenvalue weighted by atomic mass is 79.9. The minimum Gasteiger partial charge on any atom is -0.168 e. The standard InChI is InChI=1S/C10H8BrClS/c11-8-6-10(12)13(7-8)9-4-2-1-3-5-9/h1-7,13H. The largest absolute Gasteiger partial charge is 0.168 e. The van der Waals surface area contributed by atoms with Crippen LogP contribution in [-0.2, 0) is 0 Å². The molecule has 1 aliphatic rings. The molecular weight excluding hydrogens is 268 g/mol. The number of hydrogen-bond acceptors (Lipinski definition) is 0. The van der Waals surface area contributed by atoms with Crippen molar-refractivity contribution in [1.29, 1.82) is 0 Å². The molecule has 0 aromatic heterocycles. The summed E-state index contributed by atoms with van der Waals surface area (Å²) < 4.78 is 2.03. The van der Waals surface area contributed by atoms with E-state index in [-0.39, 0.29) is 0 Å². The Bertz CT molecular complexity index is 370. The highest BCUT2D eigenvalue weighted by molar-refractivity contribution is 9.12. The average Bonchev–Trinajstić information content (AvgIpc) is 2.47. The van der Waals surface area contributed by atoms with E-state index in [2.05, 4.69) is 33.5 Å². The molecule has 0 fully saturated rings. The monoisotopic (exact) mass is 274 g/mol. The lowest BCUT2D eigenvalue weighted by Gasteiger charge is -2.12. The van der Waals surface area contributed by atoms with Crippen molar-refractivity contribution in [3.05, 3.63) is 50.7 Å². The van der Waals surface area contributed by atoms with E-state index in [1.807, 2.05) is 24.3 Å². The van der Waals surface area contributed by atoms with E-state index in [0.717, 1.165) is 8.85 Å². The smallest absolute Gasteiger partial charge is 0.0626 e. The van der Waals surface area contributed by atoms with Crippen LogP contribution in [-0.4, -0.2) is 0 Å². The number of halogens is 2. The highest BCUT2D eigenvalue weighted by Gasteiger charge is 2.13. The van der Waals surface area contributed by atoms with E-state index in [9.17, 15) is 0 Å². The normalized spacial score (nSPS) is 24.0. The third-order valence-electron chi connectivity index (χ3n) is 1.77. The summed E-state index contributed by atoms with van der Waals surface area (Å²) in [5.74, 6) is 0. The van der Waals surface area contributed by atoms with Crippen LogP contribution in [0.4, 0.5) is 0 Å². The predicted molar refractivity (Wildman–Crippen MR) is 64.6 cm³/mol. The van der Waals surface area contributed by atoms with Gasteiger partial charge in [0.25, 0.3) is 0 Å². The fraction of sp³-hybridized carbons (Fsp3) is 0. The molecule has 1 heterocycles. The molecule has 0 bridgehead atoms. The van der Waals surface area contributed by atoms with Gasteiger partial charge in [0.1, 0.15) is 0 Å². The predicted octanol–water partition coefficient (Wildman–Crippen LogP) is 4.38. The van der Waals surface area contributed by atoms with Gasteiger partial charge in [-0.1, -0.05) is 45.7 Å². The zero-order valence-corrected chi connectivity index (χ0v) is 9.98. The molecule has 0 N–H and O–H groups in total. The molecule has 1 aromatic rings. The summed E-state index contributed by atoms with van der Waals surface area (Å²) in [4.78, 5) is 1.30. The molecule has 1 atom stereocenters. The lowest BCUT2D eigenvalue weighted by atomic mass is 10.4. The van der Waals surface area contributed by atoms with E-state index in [1.165, 1.54) is 4.90 Å². The molecule has 0 saturated carbocycles. The Morgan fingerprint density at radius 2 is 1.85 bits per heavy atom. The maximum absolute atomic E-state index is 6.12. The maximum atomic E-state index is 6.12. The van der Waals surface area contributed by atoms with Crippen molar-refractivity contribution in [3.63, 3.8) is 0 Å². The van der Waals surface area contributed by atoms with Gasteiger partial charge in [-0.3, -0.25) is 0 Å². The molecule has 0 radical (unpaired) electrons. The number of hydrogen-bond donors (Lipinski definition) is 1. The molecule has 1 aliphatic heterocycles. The lowest BCUT2D eigenvalue weighted by Crippen LogP contribution is -1.75. The molecular formula is C10H8BrClS. The van der Waals surface area contributed by atoms with Crippen molar-refractivity contribution >= 4 is 38.4 Å². The first kappa shape index (κ1) is 9.38. The molecule has 3 heteroatoms. The number of benzene rings is 1. The Morgan fingerprint density at radius 3 is 2.38 bits per heavy atom. The lowest BCUT2D eigenvalue weighted by molar-refractivity contribution is 1.46. The van der Waals surface area contributed by atoms with Crippen molar-refractivity contribution in [2.75, 3.05) is 0 Å². The van der Waals surface area contributed by atoms with Crippen LogP contribution in [0.15, 0.2) is 55.6 Å². The quantitative estimate of drug-likeness (QED) is 0.723. The van der Waals surface area contributed by atoms with Crippen molar-refractivity contribution in [2.24, 2.45) is 0 Å². The Kier molecular flexibility index (Phi) is 2.82. The van der Waals surface area contributed by atoms with E-state index < -0.39 is 10.9 Å². The maximum Gasteiger partial charge on any atom is 0.0626 e. The Morgan fingerprint density at radius 1 is 1.15 bits per heavy atom. The van der Waals surface area contributed by atoms with E-state index >= 15 is 0 Å². The molecule has 0 aliphatic carbocycles. The summed E-state index contributed by atoms with van der Waals surface area (Å²) in [5, 5.41) is 2.17. The minimum atomic E-state index is -0.423. The van der Waals surface area contributed by atoms with Gasteiger partial charge >= 0.3 is 0 Å². The second-order valence-electron chi connectivity index (χ2n) is 2.69. The third kappa shape index (κ3) is 2.01. The first-order valence-corrected chi connectivity index (χ1v) is 6.44. The van der Waals surface area contributed by atoms with Gasteiger partial charge in [0.15, 0.2) is 0 Å². The molecule has 0 nitrogen and oxygen atoms in total. The minimum absolute atomic E-state index is 0.423. The topological polar surface area (TPSA) is 0 Å². The zero-order valence-electron chi connectivity index (χ0n) is 6.74. The third-order valence-corrected chi connectivity index (χ3v) is 5.22. The number of allylic oxidation sites excluding steroid dienone is 2. The van der Waals surface area contributed by atoms with E-state index in [1.54, 1.807) is 0 Å². The Balaban J connectivity index is 2.35. The number of rotatable bonds is 1. The molecule has 0 amide bonds. The van der Waals surface area contributed by atoms with Gasteiger partial charge in [-0.25, -0.2) is 0 Å².